The summed E-state index contributed by atoms with van der Waals surface area (Å²) in [6, 6.07) is 22.0. The summed E-state index contributed by atoms with van der Waals surface area (Å²) in [5, 5.41) is 3.92. The summed E-state index contributed by atoms with van der Waals surface area (Å²) in [5.41, 5.74) is 3.79. The van der Waals surface area contributed by atoms with Crippen LogP contribution in [0.4, 0.5) is 5.69 Å². The predicted molar refractivity (Wildman–Crippen MR) is 121 cm³/mol. The van der Waals surface area contributed by atoms with Crippen LogP contribution in [0.3, 0.4) is 0 Å². The quantitative estimate of drug-likeness (QED) is 0.380. The molecule has 152 valence electrons. The Labute approximate surface area is 181 Å². The molecule has 0 aliphatic carbocycles. The molecule has 30 heavy (non-hydrogen) atoms. The fourth-order valence-corrected chi connectivity index (χ4v) is 5.54. The van der Waals surface area contributed by atoms with Crippen molar-refractivity contribution >= 4 is 51.5 Å². The molecule has 7 heteroatoms. The summed E-state index contributed by atoms with van der Waals surface area (Å²) in [6.45, 7) is 2.04. The number of rotatable bonds is 5. The topological polar surface area (TPSA) is 86.6 Å². The van der Waals surface area contributed by atoms with E-state index >= 15 is 0 Å². The van der Waals surface area contributed by atoms with E-state index in [9.17, 15) is 16.7 Å². The Kier molecular flexibility index (Phi) is 5.67. The SMILES string of the molecule is Cc1ccc(Cc2c(C(=O)Nc3ccc([As](=O)(O)O)cc3)sc3ccccc23)cc1. The molecule has 4 aromatic rings. The first kappa shape index (κ1) is 20.6. The summed E-state index contributed by atoms with van der Waals surface area (Å²) >= 11 is -3.49. The van der Waals surface area contributed by atoms with Gasteiger partial charge in [0.1, 0.15) is 0 Å². The first-order valence-corrected chi connectivity index (χ1v) is 13.5. The fraction of sp³-hybridized carbons (Fsp3) is 0.0870. The van der Waals surface area contributed by atoms with Gasteiger partial charge in [0.05, 0.1) is 0 Å². The molecule has 0 unspecified atom stereocenters. The summed E-state index contributed by atoms with van der Waals surface area (Å²) < 4.78 is 31.0. The Bertz CT molecular complexity index is 1260. The van der Waals surface area contributed by atoms with E-state index in [-0.39, 0.29) is 10.3 Å². The minimum atomic E-state index is -4.94. The molecule has 5 nitrogen and oxygen atoms in total. The molecule has 3 aromatic carbocycles. The molecule has 0 fully saturated rings. The van der Waals surface area contributed by atoms with E-state index in [2.05, 4.69) is 29.6 Å². The van der Waals surface area contributed by atoms with Gasteiger partial charge in [0, 0.05) is 0 Å². The van der Waals surface area contributed by atoms with Crippen LogP contribution in [0.25, 0.3) is 10.1 Å². The van der Waals surface area contributed by atoms with Crippen molar-refractivity contribution in [2.45, 2.75) is 13.3 Å². The van der Waals surface area contributed by atoms with Crippen molar-refractivity contribution in [2.24, 2.45) is 0 Å². The Morgan fingerprint density at radius 1 is 0.967 bits per heavy atom. The van der Waals surface area contributed by atoms with Crippen LogP contribution in [0, 0.1) is 6.92 Å². The van der Waals surface area contributed by atoms with Crippen LogP contribution in [-0.2, 0) is 10.2 Å². The zero-order valence-electron chi connectivity index (χ0n) is 16.2. The van der Waals surface area contributed by atoms with E-state index in [1.165, 1.54) is 41.2 Å². The molecular weight excluding hydrogens is 461 g/mol. The molecule has 0 spiro atoms. The third-order valence-electron chi connectivity index (χ3n) is 4.87. The number of aryl methyl sites for hydroxylation is 1. The van der Waals surface area contributed by atoms with E-state index in [1.54, 1.807) is 0 Å². The maximum atomic E-state index is 13.1. The average molecular weight is 481 g/mol. The number of amides is 1. The van der Waals surface area contributed by atoms with Gasteiger partial charge >= 0.3 is 169 Å². The Hall–Kier alpha value is -2.63. The number of anilines is 1. The standard InChI is InChI=1S/C23H20AsNO4S/c1-15-6-8-16(9-7-15)14-20-19-4-2-3-5-21(19)30-22(20)23(26)25-18-12-10-17(11-13-18)24(27,28)29/h2-13H,14H2,1H3,(H,25,26)(H2,27,28,29). The molecule has 4 rings (SSSR count). The Morgan fingerprint density at radius 3 is 2.30 bits per heavy atom. The van der Waals surface area contributed by atoms with E-state index in [0.717, 1.165) is 21.2 Å². The van der Waals surface area contributed by atoms with Gasteiger partial charge in [-0.05, 0) is 6.92 Å². The van der Waals surface area contributed by atoms with Crippen molar-refractivity contribution in [1.29, 1.82) is 0 Å². The molecule has 0 radical (unpaired) electrons. The van der Waals surface area contributed by atoms with Gasteiger partial charge in [-0.25, -0.2) is 0 Å². The maximum absolute atomic E-state index is 13.1. The number of hydrogen-bond donors (Lipinski definition) is 3. The summed E-state index contributed by atoms with van der Waals surface area (Å²) in [7, 11) is 0. The number of hydrogen-bond acceptors (Lipinski definition) is 3. The van der Waals surface area contributed by atoms with Crippen LogP contribution < -0.4 is 9.67 Å². The van der Waals surface area contributed by atoms with Gasteiger partial charge in [-0.1, -0.05) is 5.56 Å². The second kappa shape index (κ2) is 8.24. The fourth-order valence-electron chi connectivity index (χ4n) is 3.29. The van der Waals surface area contributed by atoms with Crippen LogP contribution in [0.15, 0.2) is 72.8 Å². The van der Waals surface area contributed by atoms with E-state index in [1.807, 2.05) is 31.2 Å². The third kappa shape index (κ3) is 4.42. The second-order valence-electron chi connectivity index (χ2n) is 7.11. The number of benzene rings is 3. The molecule has 1 aromatic heterocycles. The molecule has 0 saturated carbocycles. The van der Waals surface area contributed by atoms with Crippen LogP contribution in [0.1, 0.15) is 26.4 Å². The van der Waals surface area contributed by atoms with Crippen molar-refractivity contribution in [3.63, 3.8) is 0 Å². The van der Waals surface area contributed by atoms with Gasteiger partial charge in [0.25, 0.3) is 0 Å². The summed E-state index contributed by atoms with van der Waals surface area (Å²) in [6.07, 6.45) is 0.645. The molecule has 0 bridgehead atoms. The van der Waals surface area contributed by atoms with Crippen molar-refractivity contribution in [1.82, 2.24) is 0 Å². The molecule has 1 amide bonds. The molecule has 0 aliphatic rings. The normalized spacial score (nSPS) is 11.6. The Morgan fingerprint density at radius 2 is 1.63 bits per heavy atom. The van der Waals surface area contributed by atoms with Gasteiger partial charge in [0.2, 0.25) is 0 Å². The molecule has 0 aliphatic heterocycles. The number of fused-ring (bicyclic) bond motifs is 1. The summed E-state index contributed by atoms with van der Waals surface area (Å²) in [5.74, 6) is -0.229. The third-order valence-corrected chi connectivity index (χ3v) is 8.12. The number of nitrogens with one attached hydrogen (secondary N) is 1. The average Bonchev–Trinajstić information content (AvgIpc) is 3.08. The second-order valence-corrected chi connectivity index (χ2v) is 11.5. The van der Waals surface area contributed by atoms with Crippen molar-refractivity contribution in [2.75, 3.05) is 5.32 Å². The van der Waals surface area contributed by atoms with Crippen LogP contribution in [0.2, 0.25) is 0 Å². The molecule has 0 saturated heterocycles. The molecule has 0 atom stereocenters. The van der Waals surface area contributed by atoms with Gasteiger partial charge in [-0.15, -0.1) is 0 Å². The molecular formula is C23H20AsNO4S. The van der Waals surface area contributed by atoms with Crippen molar-refractivity contribution in [3.8, 4) is 0 Å². The first-order valence-electron chi connectivity index (χ1n) is 9.35. The van der Waals surface area contributed by atoms with Crippen LogP contribution in [0.5, 0.6) is 0 Å². The van der Waals surface area contributed by atoms with E-state index < -0.39 is 14.2 Å². The van der Waals surface area contributed by atoms with Gasteiger partial charge in [-0.3, -0.25) is 0 Å². The first-order chi connectivity index (χ1) is 14.3. The van der Waals surface area contributed by atoms with E-state index in [4.69, 9.17) is 0 Å². The summed E-state index contributed by atoms with van der Waals surface area (Å²) in [4.78, 5) is 13.7. The number of carbonyl (C=O) groups excluding carboxylic acids is 1. The molecule has 3 N–H and O–H groups in total. The monoisotopic (exact) mass is 481 g/mol. The van der Waals surface area contributed by atoms with Crippen LogP contribution >= 0.6 is 11.3 Å². The molecule has 1 heterocycles. The minimum absolute atomic E-state index is 0.0203. The van der Waals surface area contributed by atoms with E-state index in [0.29, 0.717) is 17.0 Å². The van der Waals surface area contributed by atoms with Gasteiger partial charge < -0.3 is 0 Å². The zero-order valence-corrected chi connectivity index (χ0v) is 18.9. The Balaban J connectivity index is 1.66. The zero-order chi connectivity index (χ0) is 21.3. The van der Waals surface area contributed by atoms with Crippen molar-refractivity contribution < 1.29 is 16.7 Å². The number of carbonyl (C=O) groups is 1. The predicted octanol–water partition coefficient (Wildman–Crippen LogP) is 3.61. The number of thiophene rings is 1. The van der Waals surface area contributed by atoms with Gasteiger partial charge in [0.15, 0.2) is 0 Å². The van der Waals surface area contributed by atoms with Crippen LogP contribution in [-0.4, -0.2) is 28.3 Å². The van der Waals surface area contributed by atoms with Gasteiger partial charge in [-0.2, -0.15) is 0 Å². The van der Waals surface area contributed by atoms with Crippen molar-refractivity contribution in [3.05, 3.63) is 94.4 Å².